The van der Waals surface area contributed by atoms with E-state index in [0.29, 0.717) is 10.7 Å². The average Bonchev–Trinajstić information content (AvgIpc) is 2.38. The molecule has 2 aromatic rings. The second-order valence-electron chi connectivity index (χ2n) is 3.62. The van der Waals surface area contributed by atoms with Gasteiger partial charge in [-0.2, -0.15) is 4.98 Å². The lowest BCUT2D eigenvalue weighted by Gasteiger charge is -2.06. The Hall–Kier alpha value is -2.40. The molecule has 0 aliphatic carbocycles. The predicted octanol–water partition coefficient (Wildman–Crippen LogP) is 1.72. The SMILES string of the molecule is C=C/C=C(\C=C)n1c(=O)nc2ccc(Cl)cn2c1=O. The fraction of sp³-hybridized carbons (Fsp3) is 0. The highest BCUT2D eigenvalue weighted by atomic mass is 35.5. The van der Waals surface area contributed by atoms with E-state index in [9.17, 15) is 9.59 Å². The van der Waals surface area contributed by atoms with E-state index >= 15 is 0 Å². The minimum absolute atomic E-state index is 0.234. The van der Waals surface area contributed by atoms with Crippen molar-refractivity contribution in [3.05, 3.63) is 75.7 Å². The molecule has 0 aliphatic heterocycles. The summed E-state index contributed by atoms with van der Waals surface area (Å²) in [5.74, 6) is 0. The lowest BCUT2D eigenvalue weighted by molar-refractivity contribution is 0.812. The maximum absolute atomic E-state index is 12.3. The summed E-state index contributed by atoms with van der Waals surface area (Å²) in [6.07, 6.45) is 5.73. The quantitative estimate of drug-likeness (QED) is 0.802. The van der Waals surface area contributed by atoms with Gasteiger partial charge in [0, 0.05) is 6.20 Å². The van der Waals surface area contributed by atoms with Crippen LogP contribution < -0.4 is 11.4 Å². The predicted molar refractivity (Wildman–Crippen MR) is 75.4 cm³/mol. The molecule has 2 aromatic heterocycles. The van der Waals surface area contributed by atoms with Gasteiger partial charge in [-0.3, -0.25) is 4.40 Å². The van der Waals surface area contributed by atoms with E-state index < -0.39 is 11.4 Å². The summed E-state index contributed by atoms with van der Waals surface area (Å²) in [5.41, 5.74) is -0.713. The number of hydrogen-bond acceptors (Lipinski definition) is 3. The zero-order chi connectivity index (χ0) is 14.0. The maximum atomic E-state index is 12.3. The summed E-state index contributed by atoms with van der Waals surface area (Å²) in [4.78, 5) is 28.0. The van der Waals surface area contributed by atoms with E-state index in [1.54, 1.807) is 6.07 Å². The molecule has 0 aliphatic rings. The van der Waals surface area contributed by atoms with E-state index in [-0.39, 0.29) is 5.65 Å². The normalized spacial score (nSPS) is 11.5. The first-order valence-electron chi connectivity index (χ1n) is 5.35. The Morgan fingerprint density at radius 3 is 2.68 bits per heavy atom. The van der Waals surface area contributed by atoms with Gasteiger partial charge in [0.25, 0.3) is 0 Å². The fourth-order valence-corrected chi connectivity index (χ4v) is 1.78. The van der Waals surface area contributed by atoms with E-state index in [4.69, 9.17) is 11.6 Å². The summed E-state index contributed by atoms with van der Waals surface area (Å²) in [5, 5.41) is 0.370. The molecule has 0 N–H and O–H groups in total. The second-order valence-corrected chi connectivity index (χ2v) is 4.06. The molecule has 0 saturated carbocycles. The molecule has 0 aromatic carbocycles. The zero-order valence-electron chi connectivity index (χ0n) is 9.91. The van der Waals surface area contributed by atoms with Crippen LogP contribution in [0.3, 0.4) is 0 Å². The molecule has 19 heavy (non-hydrogen) atoms. The van der Waals surface area contributed by atoms with Crippen molar-refractivity contribution >= 4 is 22.9 Å². The third-order valence-electron chi connectivity index (χ3n) is 2.45. The zero-order valence-corrected chi connectivity index (χ0v) is 10.7. The second kappa shape index (κ2) is 5.07. The Kier molecular flexibility index (Phi) is 3.48. The number of aromatic nitrogens is 3. The maximum Gasteiger partial charge on any atom is 0.358 e. The van der Waals surface area contributed by atoms with Crippen LogP contribution in [0.25, 0.3) is 11.3 Å². The van der Waals surface area contributed by atoms with Gasteiger partial charge >= 0.3 is 11.4 Å². The number of nitrogens with zero attached hydrogens (tertiary/aromatic N) is 3. The summed E-state index contributed by atoms with van der Waals surface area (Å²) >= 11 is 5.83. The molecule has 0 unspecified atom stereocenters. The molecule has 96 valence electrons. The van der Waals surface area contributed by atoms with Gasteiger partial charge in [0.1, 0.15) is 5.65 Å². The van der Waals surface area contributed by atoms with Crippen molar-refractivity contribution in [1.29, 1.82) is 0 Å². The van der Waals surface area contributed by atoms with E-state index in [1.807, 2.05) is 0 Å². The molecule has 2 heterocycles. The molecule has 0 atom stereocenters. The van der Waals surface area contributed by atoms with Gasteiger partial charge in [0.05, 0.1) is 10.7 Å². The molecule has 0 radical (unpaired) electrons. The van der Waals surface area contributed by atoms with Crippen molar-refractivity contribution in [3.8, 4) is 0 Å². The van der Waals surface area contributed by atoms with Crippen LogP contribution in [0.5, 0.6) is 0 Å². The molecular formula is C13H10ClN3O2. The molecule has 0 fully saturated rings. The van der Waals surface area contributed by atoms with Gasteiger partial charge in [-0.25, -0.2) is 14.2 Å². The Morgan fingerprint density at radius 1 is 1.32 bits per heavy atom. The molecule has 6 heteroatoms. The van der Waals surface area contributed by atoms with Crippen molar-refractivity contribution in [2.45, 2.75) is 0 Å². The van der Waals surface area contributed by atoms with Crippen molar-refractivity contribution in [2.24, 2.45) is 0 Å². The topological polar surface area (TPSA) is 56.4 Å². The first kappa shape index (κ1) is 13.0. The summed E-state index contributed by atoms with van der Waals surface area (Å²) < 4.78 is 2.10. The molecule has 0 amide bonds. The van der Waals surface area contributed by atoms with Crippen LogP contribution in [-0.4, -0.2) is 14.0 Å². The number of pyridine rings is 1. The minimum atomic E-state index is -0.680. The highest BCUT2D eigenvalue weighted by Gasteiger charge is 2.09. The largest absolute Gasteiger partial charge is 0.358 e. The third-order valence-corrected chi connectivity index (χ3v) is 2.67. The monoisotopic (exact) mass is 275 g/mol. The van der Waals surface area contributed by atoms with Gasteiger partial charge < -0.3 is 0 Å². The highest BCUT2D eigenvalue weighted by molar-refractivity contribution is 6.30. The van der Waals surface area contributed by atoms with Crippen molar-refractivity contribution < 1.29 is 0 Å². The number of rotatable bonds is 3. The number of halogens is 1. The van der Waals surface area contributed by atoms with E-state index in [1.165, 1.54) is 34.9 Å². The van der Waals surface area contributed by atoms with Gasteiger partial charge in [-0.1, -0.05) is 30.8 Å². The van der Waals surface area contributed by atoms with Crippen LogP contribution in [0.1, 0.15) is 0 Å². The Bertz CT molecular complexity index is 815. The Balaban J connectivity index is 2.94. The molecule has 2 rings (SSSR count). The highest BCUT2D eigenvalue weighted by Crippen LogP contribution is 2.07. The van der Waals surface area contributed by atoms with Crippen LogP contribution in [-0.2, 0) is 0 Å². The number of allylic oxidation sites excluding steroid dienone is 4. The van der Waals surface area contributed by atoms with Gasteiger partial charge in [0.2, 0.25) is 0 Å². The minimum Gasteiger partial charge on any atom is -0.251 e. The standard InChI is InChI=1S/C13H10ClN3O2/c1-3-5-10(4-2)17-12(18)15-11-7-6-9(14)8-16(11)13(17)19/h3-8H,1-2H2/b10-5+. The van der Waals surface area contributed by atoms with Gasteiger partial charge in [-0.05, 0) is 24.3 Å². The van der Waals surface area contributed by atoms with Crippen LogP contribution >= 0.6 is 11.6 Å². The molecule has 0 bridgehead atoms. The van der Waals surface area contributed by atoms with Crippen LogP contribution in [0.2, 0.25) is 5.02 Å². The number of hydrogen-bond donors (Lipinski definition) is 0. The average molecular weight is 276 g/mol. The van der Waals surface area contributed by atoms with Gasteiger partial charge in [-0.15, -0.1) is 0 Å². The molecule has 0 saturated heterocycles. The smallest absolute Gasteiger partial charge is 0.251 e. The summed E-state index contributed by atoms with van der Waals surface area (Å²) in [6, 6.07) is 3.06. The first-order valence-corrected chi connectivity index (χ1v) is 5.73. The Labute approximate surface area is 113 Å². The first-order chi connectivity index (χ1) is 9.08. The summed E-state index contributed by atoms with van der Waals surface area (Å²) in [7, 11) is 0. The lowest BCUT2D eigenvalue weighted by atomic mass is 10.3. The van der Waals surface area contributed by atoms with E-state index in [2.05, 4.69) is 18.1 Å². The van der Waals surface area contributed by atoms with Crippen molar-refractivity contribution in [3.63, 3.8) is 0 Å². The van der Waals surface area contributed by atoms with Crippen LogP contribution in [0, 0.1) is 0 Å². The van der Waals surface area contributed by atoms with Crippen LogP contribution in [0.4, 0.5) is 0 Å². The van der Waals surface area contributed by atoms with Crippen LogP contribution in [0.15, 0.2) is 59.3 Å². The summed E-state index contributed by atoms with van der Waals surface area (Å²) in [6.45, 7) is 7.08. The fourth-order valence-electron chi connectivity index (χ4n) is 1.62. The van der Waals surface area contributed by atoms with Crippen molar-refractivity contribution in [2.75, 3.05) is 0 Å². The van der Waals surface area contributed by atoms with Gasteiger partial charge in [0.15, 0.2) is 0 Å². The molecule has 5 nitrogen and oxygen atoms in total. The molecule has 0 spiro atoms. The van der Waals surface area contributed by atoms with E-state index in [0.717, 1.165) is 4.57 Å². The lowest BCUT2D eigenvalue weighted by Crippen LogP contribution is -2.38. The third kappa shape index (κ3) is 2.28. The van der Waals surface area contributed by atoms with Crippen molar-refractivity contribution in [1.82, 2.24) is 14.0 Å². The molecular weight excluding hydrogens is 266 g/mol. The number of fused-ring (bicyclic) bond motifs is 1. The Morgan fingerprint density at radius 2 is 2.05 bits per heavy atom.